The molecule has 0 radical (unpaired) electrons. The van der Waals surface area contributed by atoms with Gasteiger partial charge in [0.1, 0.15) is 5.82 Å². The minimum atomic E-state index is -0.377. The number of urea groups is 1. The summed E-state index contributed by atoms with van der Waals surface area (Å²) in [5.41, 5.74) is 2.78. The molecule has 8 heteroatoms. The number of benzene rings is 2. The fourth-order valence-corrected chi connectivity index (χ4v) is 3.64. The highest BCUT2D eigenvalue weighted by molar-refractivity contribution is 5.90. The zero-order chi connectivity index (χ0) is 22.0. The lowest BCUT2D eigenvalue weighted by molar-refractivity contribution is 0.251. The zero-order valence-electron chi connectivity index (χ0n) is 17.7. The van der Waals surface area contributed by atoms with E-state index in [0.717, 1.165) is 16.3 Å². The third-order valence-corrected chi connectivity index (χ3v) is 5.16. The van der Waals surface area contributed by atoms with Gasteiger partial charge in [0.25, 0.3) is 5.56 Å². The van der Waals surface area contributed by atoms with Gasteiger partial charge < -0.3 is 5.32 Å². The van der Waals surface area contributed by atoms with Gasteiger partial charge in [0, 0.05) is 23.9 Å². The van der Waals surface area contributed by atoms with Crippen LogP contribution in [0.3, 0.4) is 0 Å². The predicted molar refractivity (Wildman–Crippen MR) is 121 cm³/mol. The van der Waals surface area contributed by atoms with E-state index >= 15 is 0 Å². The number of nitrogens with zero attached hydrogens (tertiary/aromatic N) is 3. The second-order valence-electron chi connectivity index (χ2n) is 7.34. The molecule has 0 spiro atoms. The molecule has 0 bridgehead atoms. The summed E-state index contributed by atoms with van der Waals surface area (Å²) >= 11 is 0. The Morgan fingerprint density at radius 2 is 1.90 bits per heavy atom. The van der Waals surface area contributed by atoms with Crippen LogP contribution in [0.15, 0.2) is 53.3 Å². The molecule has 8 nitrogen and oxygen atoms in total. The number of anilines is 1. The van der Waals surface area contributed by atoms with E-state index in [1.165, 1.54) is 4.68 Å². The van der Waals surface area contributed by atoms with Gasteiger partial charge in [0.15, 0.2) is 0 Å². The van der Waals surface area contributed by atoms with Crippen LogP contribution in [0, 0.1) is 13.8 Å². The Labute approximate surface area is 179 Å². The van der Waals surface area contributed by atoms with E-state index in [0.29, 0.717) is 35.7 Å². The Morgan fingerprint density at radius 3 is 2.68 bits per heavy atom. The van der Waals surface area contributed by atoms with Crippen LogP contribution in [-0.2, 0) is 13.0 Å². The molecule has 0 fully saturated rings. The second-order valence-corrected chi connectivity index (χ2v) is 7.34. The first-order valence-corrected chi connectivity index (χ1v) is 10.1. The number of aryl methyl sites for hydroxylation is 2. The van der Waals surface area contributed by atoms with Gasteiger partial charge in [0.05, 0.1) is 5.69 Å². The van der Waals surface area contributed by atoms with E-state index < -0.39 is 0 Å². The third kappa shape index (κ3) is 4.18. The van der Waals surface area contributed by atoms with Crippen molar-refractivity contribution >= 4 is 22.6 Å². The Balaban J connectivity index is 1.54. The minimum Gasteiger partial charge on any atom is -0.334 e. The van der Waals surface area contributed by atoms with Crippen LogP contribution in [0.4, 0.5) is 10.6 Å². The van der Waals surface area contributed by atoms with E-state index in [1.54, 1.807) is 19.9 Å². The van der Waals surface area contributed by atoms with Gasteiger partial charge >= 0.3 is 6.03 Å². The minimum absolute atomic E-state index is 0.204. The molecule has 2 aromatic heterocycles. The maximum Gasteiger partial charge on any atom is 0.320 e. The number of rotatable bonds is 5. The van der Waals surface area contributed by atoms with E-state index in [9.17, 15) is 9.59 Å². The first-order chi connectivity index (χ1) is 15.0. The molecule has 0 saturated carbocycles. The van der Waals surface area contributed by atoms with Crippen LogP contribution in [-0.4, -0.2) is 25.8 Å². The molecule has 0 aliphatic carbocycles. The first kappa shape index (κ1) is 20.3. The molecule has 0 unspecified atom stereocenters. The number of amides is 2. The highest BCUT2D eigenvalue weighted by atomic mass is 16.2. The smallest absolute Gasteiger partial charge is 0.320 e. The van der Waals surface area contributed by atoms with Crippen LogP contribution >= 0.6 is 0 Å². The number of hydrogen-bond donors (Lipinski definition) is 3. The standard InChI is InChI=1S/C23H24N6O2/c1-4-18-15(3)25-22(27-21(18)30)29-20(12-14(2)28-29)26-23(31)24-13-17-10-7-9-16-8-5-6-11-19(16)17/h5-12H,4,13H2,1-3H3,(H2,24,26,31)(H,25,27,30). The molecule has 31 heavy (non-hydrogen) atoms. The molecule has 4 aromatic rings. The molecular formula is C23H24N6O2. The quantitative estimate of drug-likeness (QED) is 0.462. The van der Waals surface area contributed by atoms with E-state index in [2.05, 4.69) is 25.7 Å². The number of aromatic nitrogens is 4. The molecule has 158 valence electrons. The molecule has 4 rings (SSSR count). The number of hydrogen-bond acceptors (Lipinski definition) is 4. The average Bonchev–Trinajstić information content (AvgIpc) is 3.12. The van der Waals surface area contributed by atoms with Crippen molar-refractivity contribution in [3.8, 4) is 5.95 Å². The van der Waals surface area contributed by atoms with Crippen LogP contribution in [0.2, 0.25) is 0 Å². The number of fused-ring (bicyclic) bond motifs is 1. The molecule has 2 heterocycles. The van der Waals surface area contributed by atoms with Gasteiger partial charge in [-0.3, -0.25) is 15.1 Å². The molecule has 3 N–H and O–H groups in total. The van der Waals surface area contributed by atoms with Gasteiger partial charge in [-0.05, 0) is 36.6 Å². The number of H-pyrrole nitrogens is 1. The fraction of sp³-hybridized carbons (Fsp3) is 0.217. The largest absolute Gasteiger partial charge is 0.334 e. The van der Waals surface area contributed by atoms with Crippen molar-refractivity contribution in [3.05, 3.63) is 81.4 Å². The maximum atomic E-state index is 12.6. The van der Waals surface area contributed by atoms with Crippen LogP contribution in [0.5, 0.6) is 0 Å². The Bertz CT molecular complexity index is 1320. The topological polar surface area (TPSA) is 105 Å². The summed E-state index contributed by atoms with van der Waals surface area (Å²) in [7, 11) is 0. The van der Waals surface area contributed by atoms with Crippen LogP contribution in [0.25, 0.3) is 16.7 Å². The van der Waals surface area contributed by atoms with Crippen LogP contribution < -0.4 is 16.2 Å². The van der Waals surface area contributed by atoms with Crippen LogP contribution in [0.1, 0.15) is 29.4 Å². The van der Waals surface area contributed by atoms with E-state index in [1.807, 2.05) is 49.4 Å². The normalized spacial score (nSPS) is 10.9. The van der Waals surface area contributed by atoms with Crippen molar-refractivity contribution in [1.29, 1.82) is 0 Å². The zero-order valence-corrected chi connectivity index (χ0v) is 17.7. The lowest BCUT2D eigenvalue weighted by Gasteiger charge is -2.11. The Hall–Kier alpha value is -3.94. The van der Waals surface area contributed by atoms with Crippen molar-refractivity contribution in [1.82, 2.24) is 25.1 Å². The fourth-order valence-electron chi connectivity index (χ4n) is 3.64. The van der Waals surface area contributed by atoms with E-state index in [4.69, 9.17) is 0 Å². The highest BCUT2D eigenvalue weighted by Crippen LogP contribution is 2.19. The van der Waals surface area contributed by atoms with Crippen molar-refractivity contribution in [2.45, 2.75) is 33.7 Å². The van der Waals surface area contributed by atoms with Crippen molar-refractivity contribution in [3.63, 3.8) is 0 Å². The van der Waals surface area contributed by atoms with Crippen molar-refractivity contribution in [2.75, 3.05) is 5.32 Å². The Kier molecular flexibility index (Phi) is 5.53. The monoisotopic (exact) mass is 416 g/mol. The first-order valence-electron chi connectivity index (χ1n) is 10.1. The summed E-state index contributed by atoms with van der Waals surface area (Å²) in [4.78, 5) is 32.1. The molecule has 2 amide bonds. The number of aromatic amines is 1. The molecule has 0 saturated heterocycles. The van der Waals surface area contributed by atoms with Gasteiger partial charge in [-0.15, -0.1) is 0 Å². The second kappa shape index (κ2) is 8.43. The summed E-state index contributed by atoms with van der Waals surface area (Å²) in [6, 6.07) is 15.4. The lowest BCUT2D eigenvalue weighted by Crippen LogP contribution is -2.29. The summed E-state index contributed by atoms with van der Waals surface area (Å²) in [6.45, 7) is 5.88. The van der Waals surface area contributed by atoms with Gasteiger partial charge in [-0.25, -0.2) is 9.78 Å². The Morgan fingerprint density at radius 1 is 1.13 bits per heavy atom. The average molecular weight is 416 g/mol. The summed E-state index contributed by atoms with van der Waals surface area (Å²) in [5, 5.41) is 12.3. The maximum absolute atomic E-state index is 12.6. The summed E-state index contributed by atoms with van der Waals surface area (Å²) in [6.07, 6.45) is 0.592. The van der Waals surface area contributed by atoms with Crippen molar-refractivity contribution in [2.24, 2.45) is 0 Å². The SMILES string of the molecule is CCc1c(C)nc(-n2nc(C)cc2NC(=O)NCc2cccc3ccccc23)[nH]c1=O. The molecular weight excluding hydrogens is 392 g/mol. The van der Waals surface area contributed by atoms with Gasteiger partial charge in [-0.2, -0.15) is 9.78 Å². The predicted octanol–water partition coefficient (Wildman–Crippen LogP) is 3.61. The molecule has 0 atom stereocenters. The van der Waals surface area contributed by atoms with E-state index in [-0.39, 0.29) is 17.5 Å². The molecule has 0 aliphatic heterocycles. The molecule has 2 aromatic carbocycles. The number of nitrogens with one attached hydrogen (secondary N) is 3. The van der Waals surface area contributed by atoms with Gasteiger partial charge in [0.2, 0.25) is 5.95 Å². The van der Waals surface area contributed by atoms with Gasteiger partial charge in [-0.1, -0.05) is 49.4 Å². The molecule has 0 aliphatic rings. The lowest BCUT2D eigenvalue weighted by atomic mass is 10.0. The third-order valence-electron chi connectivity index (χ3n) is 5.16. The summed E-state index contributed by atoms with van der Waals surface area (Å²) < 4.78 is 1.43. The number of carbonyl (C=O) groups excluding carboxylic acids is 1. The van der Waals surface area contributed by atoms with Crippen molar-refractivity contribution < 1.29 is 4.79 Å². The highest BCUT2D eigenvalue weighted by Gasteiger charge is 2.15. The number of carbonyl (C=O) groups is 1. The summed E-state index contributed by atoms with van der Waals surface area (Å²) in [5.74, 6) is 0.678.